The zero-order valence-electron chi connectivity index (χ0n) is 83.3. The Morgan fingerprint density at radius 2 is 0.524 bits per heavy atom. The van der Waals surface area contributed by atoms with Crippen molar-refractivity contribution in [1.82, 2.24) is 29.9 Å². The molecule has 145 heavy (non-hydrogen) atoms. The maximum Gasteiger partial charge on any atom is 0.164 e. The fraction of sp³-hybridized carbons (Fsp3) is 0.132. The summed E-state index contributed by atoms with van der Waals surface area (Å²) in [4.78, 5) is 32.9. The topological polar surface area (TPSA) is 107 Å². The first kappa shape index (κ1) is 88.1. The van der Waals surface area contributed by atoms with Crippen LogP contribution in [0.1, 0.15) is 116 Å². The first-order valence-electron chi connectivity index (χ1n) is 50.5. The van der Waals surface area contributed by atoms with Crippen LogP contribution in [0.2, 0.25) is 0 Å². The predicted molar refractivity (Wildman–Crippen MR) is 605 cm³/mol. The highest BCUT2D eigenvalue weighted by molar-refractivity contribution is 6.19. The van der Waals surface area contributed by atoms with Crippen molar-refractivity contribution in [3.8, 4) is 102 Å². The van der Waals surface area contributed by atoms with Crippen molar-refractivity contribution in [2.75, 3.05) is 4.90 Å². The molecule has 28 rings (SSSR count). The van der Waals surface area contributed by atoms with E-state index in [2.05, 4.69) is 434 Å². The molecule has 0 saturated carbocycles. The molecule has 9 heteroatoms. The van der Waals surface area contributed by atoms with Gasteiger partial charge in [-0.05, 0) is 226 Å². The molecule has 0 spiro atoms. The van der Waals surface area contributed by atoms with E-state index in [9.17, 15) is 0 Å². The highest BCUT2D eigenvalue weighted by Gasteiger charge is 2.51. The minimum Gasteiger partial charge on any atom is -0.456 e. The Hall–Kier alpha value is -17.1. The van der Waals surface area contributed by atoms with E-state index in [1.807, 2.05) is 72.8 Å². The SMILES string of the molecule is CC1(C)c2cc(-c3nc(-c4ccccc4)nc(-c4ccc5c(c4)oc4ccccc45)n3)ccc2-c2ccc3ccc4ccccc4c3c2C1(C)C.CC1(C)c2ccc(-c3nc(-c4ccccc4)nc(-c4ccc5ccccc5c4)n3)cc2-c2ccc3ccc4ccccc4c3c2C1(C)C.CC1(C)c2ccccc2-c2cc(N(c3ccccc3)c3ccc4c(c3)oc3ccccc34)c3ccc4ccccc4c3c2C1(C)C. The van der Waals surface area contributed by atoms with Gasteiger partial charge < -0.3 is 13.7 Å². The largest absolute Gasteiger partial charge is 0.456 e. The van der Waals surface area contributed by atoms with Gasteiger partial charge in [0.2, 0.25) is 0 Å². The molecule has 0 atom stereocenters. The average Bonchev–Trinajstić information content (AvgIpc) is 1.04. The Labute approximate surface area is 843 Å². The van der Waals surface area contributed by atoms with E-state index in [1.54, 1.807) is 0 Å². The third kappa shape index (κ3) is 13.9. The van der Waals surface area contributed by atoms with Crippen molar-refractivity contribution in [3.05, 3.63) is 452 Å². The summed E-state index contributed by atoms with van der Waals surface area (Å²) in [5, 5.41) is 22.4. The number of hydrogen-bond donors (Lipinski definition) is 0. The molecule has 0 radical (unpaired) electrons. The maximum absolute atomic E-state index is 6.42. The molecule has 0 unspecified atom stereocenters. The third-order valence-corrected chi connectivity index (χ3v) is 33.6. The Balaban J connectivity index is 0.000000111. The molecule has 25 aromatic rings. The second-order valence-corrected chi connectivity index (χ2v) is 42.8. The number of rotatable bonds is 9. The van der Waals surface area contributed by atoms with Crippen LogP contribution in [0.5, 0.6) is 0 Å². The van der Waals surface area contributed by atoms with Crippen LogP contribution in [-0.2, 0) is 32.5 Å². The Morgan fingerprint density at radius 3 is 1.08 bits per heavy atom. The van der Waals surface area contributed by atoms with Crippen LogP contribution in [0.4, 0.5) is 17.1 Å². The van der Waals surface area contributed by atoms with E-state index in [4.69, 9.17) is 38.7 Å². The molecular weight excluding hydrogens is 1760 g/mol. The molecule has 0 amide bonds. The molecule has 0 fully saturated rings. The second kappa shape index (κ2) is 33.2. The lowest BCUT2D eigenvalue weighted by Crippen LogP contribution is -2.43. The second-order valence-electron chi connectivity index (χ2n) is 42.8. The minimum absolute atomic E-state index is 0.0760. The Morgan fingerprint density at radius 1 is 0.179 bits per heavy atom. The third-order valence-electron chi connectivity index (χ3n) is 33.6. The Kier molecular flexibility index (Phi) is 20.2. The zero-order chi connectivity index (χ0) is 98.3. The number of nitrogens with zero attached hydrogens (tertiary/aromatic N) is 7. The van der Waals surface area contributed by atoms with Crippen molar-refractivity contribution in [2.24, 2.45) is 0 Å². The van der Waals surface area contributed by atoms with Crippen LogP contribution in [0.15, 0.2) is 427 Å². The summed E-state index contributed by atoms with van der Waals surface area (Å²) in [5.41, 5.74) is 27.7. The number of fused-ring (bicyclic) bond motifs is 28. The van der Waals surface area contributed by atoms with Crippen LogP contribution in [0, 0.1) is 0 Å². The molecule has 0 aliphatic heterocycles. The van der Waals surface area contributed by atoms with Gasteiger partial charge in [-0.3, -0.25) is 0 Å². The van der Waals surface area contributed by atoms with Crippen molar-refractivity contribution >= 4 is 136 Å². The zero-order valence-corrected chi connectivity index (χ0v) is 83.3. The van der Waals surface area contributed by atoms with Gasteiger partial charge in [0.1, 0.15) is 22.3 Å². The van der Waals surface area contributed by atoms with E-state index in [1.165, 1.54) is 137 Å². The first-order valence-corrected chi connectivity index (χ1v) is 50.5. The molecule has 21 aromatic carbocycles. The number of aromatic nitrogens is 6. The molecule has 696 valence electrons. The lowest BCUT2D eigenvalue weighted by molar-refractivity contribution is 0.301. The van der Waals surface area contributed by atoms with Crippen LogP contribution < -0.4 is 4.90 Å². The van der Waals surface area contributed by atoms with Gasteiger partial charge in [0.05, 0.1) is 5.69 Å². The highest BCUT2D eigenvalue weighted by atomic mass is 16.3. The smallest absolute Gasteiger partial charge is 0.164 e. The summed E-state index contributed by atoms with van der Waals surface area (Å²) in [5.74, 6) is 3.91. The summed E-state index contributed by atoms with van der Waals surface area (Å²) in [6.45, 7) is 28.9. The van der Waals surface area contributed by atoms with Gasteiger partial charge in [0, 0.05) is 94.0 Å². The highest BCUT2D eigenvalue weighted by Crippen LogP contribution is 2.62. The van der Waals surface area contributed by atoms with Gasteiger partial charge in [0.25, 0.3) is 0 Å². The fourth-order valence-electron chi connectivity index (χ4n) is 24.0. The van der Waals surface area contributed by atoms with E-state index >= 15 is 0 Å². The molecule has 0 saturated heterocycles. The molecule has 4 aromatic heterocycles. The lowest BCUT2D eigenvalue weighted by Gasteiger charge is -2.49. The van der Waals surface area contributed by atoms with Crippen molar-refractivity contribution < 1.29 is 8.83 Å². The quantitative estimate of drug-likeness (QED) is 0.131. The molecule has 3 aliphatic rings. The summed E-state index contributed by atoms with van der Waals surface area (Å²) < 4.78 is 12.7. The van der Waals surface area contributed by atoms with Gasteiger partial charge >= 0.3 is 0 Å². The van der Waals surface area contributed by atoms with Crippen molar-refractivity contribution in [1.29, 1.82) is 0 Å². The van der Waals surface area contributed by atoms with E-state index in [0.717, 1.165) is 99.7 Å². The van der Waals surface area contributed by atoms with Gasteiger partial charge in [-0.25, -0.2) is 29.9 Å². The van der Waals surface area contributed by atoms with Crippen LogP contribution in [0.25, 0.3) is 221 Å². The average molecular weight is 1870 g/mol. The number of para-hydroxylation sites is 3. The molecule has 9 nitrogen and oxygen atoms in total. The maximum atomic E-state index is 6.42. The molecule has 0 N–H and O–H groups in total. The fourth-order valence-corrected chi connectivity index (χ4v) is 24.0. The minimum atomic E-state index is -0.207. The predicted octanol–water partition coefficient (Wildman–Crippen LogP) is 36.5. The normalized spacial score (nSPS) is 14.7. The standard InChI is InChI=1S/C47H35N3O.C45H35N3.C44H35NO/c1-46(2)38-26-31(21-23-34(38)37-25-20-29-19-18-28-12-8-9-15-33(28)41(29)42(37)47(46,3)4)44-48-43(30-13-6-5-7-14-30)49-45(50-44)32-22-24-36-35-16-10-11-17-39(35)51-40(36)27-32;1-44(2)38-25-23-34(27-37(38)36-24-22-30-20-19-29-13-10-11-17-35(29)39(30)40(36)45(44,3)4)43-47-41(31-14-6-5-7-15-31)46-42(48-43)33-21-18-28-12-8-9-16-32(28)26-33;1-43(2)37-20-12-10-18-32(37)36-27-38(35-24-22-28-14-8-9-17-31(28)41(35)42(36)44(43,3)4)45(29-15-6-5-7-16-29)30-23-25-34-33-19-11-13-21-39(33)46-40(34)26-30/h5-27H,1-4H3;5-27H,1-4H3;5-27H,1-4H3. The number of furan rings is 2. The summed E-state index contributed by atoms with van der Waals surface area (Å²) in [6, 6.07) is 150. The number of benzene rings is 21. The van der Waals surface area contributed by atoms with Gasteiger partial charge in [-0.15, -0.1) is 0 Å². The van der Waals surface area contributed by atoms with Crippen molar-refractivity contribution in [3.63, 3.8) is 0 Å². The summed E-state index contributed by atoms with van der Waals surface area (Å²) in [7, 11) is 0. The van der Waals surface area contributed by atoms with Crippen molar-refractivity contribution in [2.45, 2.75) is 116 Å². The van der Waals surface area contributed by atoms with Gasteiger partial charge in [-0.2, -0.15) is 0 Å². The van der Waals surface area contributed by atoms with Gasteiger partial charge in [0.15, 0.2) is 34.9 Å². The first-order chi connectivity index (χ1) is 70.4. The molecular formula is C136H105N7O2. The van der Waals surface area contributed by atoms with E-state index in [-0.39, 0.29) is 32.5 Å². The summed E-state index contributed by atoms with van der Waals surface area (Å²) in [6.07, 6.45) is 0. The summed E-state index contributed by atoms with van der Waals surface area (Å²) >= 11 is 0. The Bertz CT molecular complexity index is 9660. The van der Waals surface area contributed by atoms with Crippen LogP contribution in [-0.4, -0.2) is 29.9 Å². The monoisotopic (exact) mass is 1870 g/mol. The van der Waals surface area contributed by atoms with Crippen LogP contribution >= 0.6 is 0 Å². The number of anilines is 3. The van der Waals surface area contributed by atoms with Gasteiger partial charge in [-0.1, -0.05) is 423 Å². The van der Waals surface area contributed by atoms with E-state index in [0.29, 0.717) is 34.9 Å². The number of hydrogen-bond acceptors (Lipinski definition) is 9. The molecule has 0 bridgehead atoms. The van der Waals surface area contributed by atoms with E-state index < -0.39 is 0 Å². The molecule has 3 aliphatic carbocycles. The van der Waals surface area contributed by atoms with Crippen LogP contribution in [0.3, 0.4) is 0 Å². The lowest BCUT2D eigenvalue weighted by atomic mass is 9.54. The molecule has 4 heterocycles.